The minimum absolute atomic E-state index is 0.0127. The number of methoxy groups -OCH3 is 1. The largest absolute Gasteiger partial charge is 0.490 e. The minimum atomic E-state index is -0.593. The monoisotopic (exact) mass is 397 g/mol. The van der Waals surface area contributed by atoms with Crippen LogP contribution in [0.25, 0.3) is 0 Å². The molecular formula is C20H19N3O6. The number of fused-ring (bicyclic) bond motifs is 1. The summed E-state index contributed by atoms with van der Waals surface area (Å²) in [5.41, 5.74) is 2.26. The van der Waals surface area contributed by atoms with E-state index in [2.05, 4.69) is 5.32 Å². The topological polar surface area (TPSA) is 119 Å². The molecule has 9 heteroatoms. The van der Waals surface area contributed by atoms with Crippen molar-refractivity contribution in [3.05, 3.63) is 63.2 Å². The van der Waals surface area contributed by atoms with Crippen molar-refractivity contribution in [1.82, 2.24) is 5.32 Å². The molecule has 0 radical (unpaired) electrons. The fourth-order valence-corrected chi connectivity index (χ4v) is 3.22. The molecule has 0 aromatic heterocycles. The number of benzene rings is 2. The number of anilines is 1. The van der Waals surface area contributed by atoms with Gasteiger partial charge in [-0.3, -0.25) is 24.5 Å². The first-order valence-electron chi connectivity index (χ1n) is 8.93. The first-order chi connectivity index (χ1) is 13.9. The highest BCUT2D eigenvalue weighted by Gasteiger charge is 2.20. The summed E-state index contributed by atoms with van der Waals surface area (Å²) < 4.78 is 4.95. The van der Waals surface area contributed by atoms with Crippen molar-refractivity contribution in [2.45, 2.75) is 12.8 Å². The van der Waals surface area contributed by atoms with Gasteiger partial charge in [-0.05, 0) is 36.2 Å². The number of Topliss-reactive ketones (excluding diaryl/α,β-unsaturated/α-hetero) is 1. The molecule has 0 fully saturated rings. The van der Waals surface area contributed by atoms with E-state index in [1.807, 2.05) is 0 Å². The highest BCUT2D eigenvalue weighted by atomic mass is 16.6. The Bertz CT molecular complexity index is 988. The Hall–Kier alpha value is -3.75. The second-order valence-corrected chi connectivity index (χ2v) is 6.47. The van der Waals surface area contributed by atoms with Crippen LogP contribution in [0, 0.1) is 10.1 Å². The van der Waals surface area contributed by atoms with E-state index in [4.69, 9.17) is 4.74 Å². The van der Waals surface area contributed by atoms with Gasteiger partial charge in [0.1, 0.15) is 0 Å². The summed E-state index contributed by atoms with van der Waals surface area (Å²) in [5, 5.41) is 13.5. The van der Waals surface area contributed by atoms with E-state index >= 15 is 0 Å². The Morgan fingerprint density at radius 3 is 2.69 bits per heavy atom. The van der Waals surface area contributed by atoms with Crippen LogP contribution in [0.3, 0.4) is 0 Å². The van der Waals surface area contributed by atoms with Crippen LogP contribution in [0.2, 0.25) is 0 Å². The Morgan fingerprint density at radius 2 is 2.00 bits per heavy atom. The quantitative estimate of drug-likeness (QED) is 0.315. The number of nitro groups is 1. The van der Waals surface area contributed by atoms with Gasteiger partial charge < -0.3 is 15.0 Å². The lowest BCUT2D eigenvalue weighted by Crippen LogP contribution is -2.26. The fraction of sp³-hybridized carbons (Fsp3) is 0.250. The number of nitrogens with zero attached hydrogens (tertiary/aromatic N) is 2. The van der Waals surface area contributed by atoms with Crippen LogP contribution in [0.1, 0.15) is 32.7 Å². The molecule has 1 heterocycles. The Kier molecular flexibility index (Phi) is 5.87. The van der Waals surface area contributed by atoms with Crippen molar-refractivity contribution in [2.24, 2.45) is 0 Å². The van der Waals surface area contributed by atoms with E-state index in [-0.39, 0.29) is 35.7 Å². The molecule has 0 saturated heterocycles. The summed E-state index contributed by atoms with van der Waals surface area (Å²) >= 11 is 0. The zero-order valence-electron chi connectivity index (χ0n) is 15.7. The predicted molar refractivity (Wildman–Crippen MR) is 104 cm³/mol. The summed E-state index contributed by atoms with van der Waals surface area (Å²) in [6.07, 6.45) is 1.58. The third-order valence-corrected chi connectivity index (χ3v) is 4.74. The van der Waals surface area contributed by atoms with Crippen molar-refractivity contribution in [1.29, 1.82) is 0 Å². The highest BCUT2D eigenvalue weighted by Crippen LogP contribution is 2.28. The molecular weight excluding hydrogens is 378 g/mol. The zero-order valence-corrected chi connectivity index (χ0v) is 15.7. The number of rotatable bonds is 8. The molecule has 1 aliphatic heterocycles. The van der Waals surface area contributed by atoms with Crippen molar-refractivity contribution >= 4 is 29.5 Å². The van der Waals surface area contributed by atoms with Gasteiger partial charge in [0.05, 0.1) is 12.0 Å². The third-order valence-electron chi connectivity index (χ3n) is 4.74. The van der Waals surface area contributed by atoms with Crippen molar-refractivity contribution in [2.75, 3.05) is 25.1 Å². The van der Waals surface area contributed by atoms with Gasteiger partial charge in [0, 0.05) is 48.5 Å². The van der Waals surface area contributed by atoms with Gasteiger partial charge in [-0.1, -0.05) is 0 Å². The van der Waals surface area contributed by atoms with Crippen LogP contribution in [0.5, 0.6) is 5.75 Å². The molecule has 29 heavy (non-hydrogen) atoms. The first-order valence-corrected chi connectivity index (χ1v) is 8.93. The van der Waals surface area contributed by atoms with Crippen molar-refractivity contribution < 1.29 is 24.0 Å². The molecule has 0 saturated carbocycles. The molecule has 0 aliphatic carbocycles. The van der Waals surface area contributed by atoms with Gasteiger partial charge in [-0.15, -0.1) is 0 Å². The molecule has 3 rings (SSSR count). The minimum Gasteiger partial charge on any atom is -0.490 e. The Balaban J connectivity index is 1.59. The van der Waals surface area contributed by atoms with Gasteiger partial charge in [-0.2, -0.15) is 0 Å². The zero-order chi connectivity index (χ0) is 21.0. The number of ketones is 1. The number of nitrogens with one attached hydrogen (secondary N) is 1. The van der Waals surface area contributed by atoms with Crippen LogP contribution in [0.4, 0.5) is 11.4 Å². The summed E-state index contributed by atoms with van der Waals surface area (Å²) in [7, 11) is 1.29. The van der Waals surface area contributed by atoms with Crippen LogP contribution in [-0.4, -0.2) is 43.2 Å². The second kappa shape index (κ2) is 8.51. The number of nitro benzene ring substituents is 1. The second-order valence-electron chi connectivity index (χ2n) is 6.47. The number of ether oxygens (including phenoxy) is 1. The van der Waals surface area contributed by atoms with Gasteiger partial charge in [0.25, 0.3) is 5.91 Å². The summed E-state index contributed by atoms with van der Waals surface area (Å²) in [6, 6.07) is 9.03. The van der Waals surface area contributed by atoms with E-state index in [0.717, 1.165) is 17.7 Å². The number of hydrogen-bond acceptors (Lipinski definition) is 6. The molecule has 150 valence electrons. The normalized spacial score (nSPS) is 12.2. The molecule has 0 atom stereocenters. The third kappa shape index (κ3) is 4.23. The lowest BCUT2D eigenvalue weighted by atomic mass is 10.0. The van der Waals surface area contributed by atoms with Crippen molar-refractivity contribution in [3.8, 4) is 5.75 Å². The molecule has 2 aromatic carbocycles. The summed E-state index contributed by atoms with van der Waals surface area (Å²) in [5.74, 6) is -0.596. The maximum atomic E-state index is 12.4. The number of carbonyl (C=O) groups is 3. The lowest BCUT2D eigenvalue weighted by molar-refractivity contribution is -0.385. The van der Waals surface area contributed by atoms with Crippen molar-refractivity contribution in [3.63, 3.8) is 0 Å². The molecule has 2 amide bonds. The van der Waals surface area contributed by atoms with E-state index in [1.165, 1.54) is 25.3 Å². The van der Waals surface area contributed by atoms with E-state index in [0.29, 0.717) is 18.5 Å². The van der Waals surface area contributed by atoms with Crippen LogP contribution < -0.4 is 15.0 Å². The fourth-order valence-electron chi connectivity index (χ4n) is 3.22. The van der Waals surface area contributed by atoms with Crippen LogP contribution in [0.15, 0.2) is 36.4 Å². The van der Waals surface area contributed by atoms with Crippen LogP contribution in [-0.2, 0) is 11.2 Å². The van der Waals surface area contributed by atoms with E-state index in [1.54, 1.807) is 23.1 Å². The Morgan fingerprint density at radius 1 is 1.24 bits per heavy atom. The van der Waals surface area contributed by atoms with Gasteiger partial charge in [0.2, 0.25) is 6.41 Å². The maximum Gasteiger partial charge on any atom is 0.310 e. The number of hydrogen-bond donors (Lipinski definition) is 1. The van der Waals surface area contributed by atoms with Gasteiger partial charge in [-0.25, -0.2) is 0 Å². The number of amides is 2. The smallest absolute Gasteiger partial charge is 0.310 e. The van der Waals surface area contributed by atoms with Gasteiger partial charge >= 0.3 is 5.69 Å². The van der Waals surface area contributed by atoms with Crippen LogP contribution >= 0.6 is 0 Å². The molecule has 0 unspecified atom stereocenters. The van der Waals surface area contributed by atoms with E-state index < -0.39 is 10.8 Å². The predicted octanol–water partition coefficient (Wildman–Crippen LogP) is 2.13. The molecule has 9 nitrogen and oxygen atoms in total. The molecule has 1 aliphatic rings. The van der Waals surface area contributed by atoms with Gasteiger partial charge in [0.15, 0.2) is 11.5 Å². The van der Waals surface area contributed by atoms with E-state index in [9.17, 15) is 24.5 Å². The summed E-state index contributed by atoms with van der Waals surface area (Å²) in [6.45, 7) is 0.722. The SMILES string of the molecule is COc1cc(C(=O)NCCC(=O)c2ccc3c(c2)CCN3C=O)ccc1[N+](=O)[O-]. The average Bonchev–Trinajstić information content (AvgIpc) is 3.15. The molecule has 2 aromatic rings. The summed E-state index contributed by atoms with van der Waals surface area (Å²) in [4.78, 5) is 47.6. The lowest BCUT2D eigenvalue weighted by Gasteiger charge is -2.10. The molecule has 0 spiro atoms. The number of carbonyl (C=O) groups excluding carboxylic acids is 3. The Labute approximate surface area is 166 Å². The average molecular weight is 397 g/mol. The first kappa shape index (κ1) is 20.0. The standard InChI is InChI=1S/C20H19N3O6/c1-29-19-11-15(3-5-17(19)23(27)28)20(26)21-8-6-18(25)14-2-4-16-13(10-14)7-9-22(16)12-24/h2-5,10-12H,6-9H2,1H3,(H,21,26). The highest BCUT2D eigenvalue weighted by molar-refractivity contribution is 5.98. The molecule has 1 N–H and O–H groups in total. The maximum absolute atomic E-state index is 12.4. The molecule has 0 bridgehead atoms.